The molecule has 6 nitrogen and oxygen atoms in total. The Morgan fingerprint density at radius 1 is 1.04 bits per heavy atom. The smallest absolute Gasteiger partial charge is 0.251 e. The molecule has 8 heteroatoms. The number of hydrogen-bond acceptors (Lipinski definition) is 4. The molecule has 1 unspecified atom stereocenters. The van der Waals surface area contributed by atoms with Crippen molar-refractivity contribution < 1.29 is 27.8 Å². The number of halogens is 2. The molecule has 0 bridgehead atoms. The van der Waals surface area contributed by atoms with E-state index in [4.69, 9.17) is 9.47 Å². The Bertz CT molecular complexity index is 919. The van der Waals surface area contributed by atoms with E-state index in [0.29, 0.717) is 30.4 Å². The second kappa shape index (κ2) is 6.86. The third kappa shape index (κ3) is 3.42. The topological polar surface area (TPSA) is 67.9 Å². The van der Waals surface area contributed by atoms with Crippen LogP contribution in [0.3, 0.4) is 0 Å². The Morgan fingerprint density at radius 3 is 2.59 bits per heavy atom. The molecule has 1 atom stereocenters. The molecule has 1 N–H and O–H groups in total. The van der Waals surface area contributed by atoms with Gasteiger partial charge in [0, 0.05) is 30.3 Å². The van der Waals surface area contributed by atoms with Gasteiger partial charge in [-0.3, -0.25) is 9.59 Å². The second-order valence-electron chi connectivity index (χ2n) is 6.34. The minimum atomic E-state index is -1.09. The van der Waals surface area contributed by atoms with Gasteiger partial charge in [-0.05, 0) is 30.3 Å². The van der Waals surface area contributed by atoms with E-state index in [0.717, 1.165) is 12.1 Å². The number of anilines is 1. The van der Waals surface area contributed by atoms with Crippen LogP contribution in [-0.2, 0) is 4.79 Å². The first-order chi connectivity index (χ1) is 13.0. The highest BCUT2D eigenvalue weighted by molar-refractivity contribution is 5.99. The van der Waals surface area contributed by atoms with Crippen molar-refractivity contribution in [3.05, 3.63) is 53.6 Å². The Balaban J connectivity index is 1.46. The number of nitrogens with one attached hydrogen (secondary N) is 1. The van der Waals surface area contributed by atoms with E-state index < -0.39 is 23.6 Å². The van der Waals surface area contributed by atoms with Gasteiger partial charge < -0.3 is 19.7 Å². The normalized spacial score (nSPS) is 18.5. The first kappa shape index (κ1) is 17.3. The van der Waals surface area contributed by atoms with Crippen LogP contribution in [0.25, 0.3) is 0 Å². The van der Waals surface area contributed by atoms with E-state index in [1.165, 1.54) is 6.07 Å². The number of ether oxygens (including phenoxy) is 2. The molecule has 0 saturated carbocycles. The van der Waals surface area contributed by atoms with Crippen LogP contribution in [-0.4, -0.2) is 37.6 Å². The zero-order valence-corrected chi connectivity index (χ0v) is 14.2. The maximum atomic E-state index is 13.3. The number of benzene rings is 2. The first-order valence-electron chi connectivity index (χ1n) is 8.47. The summed E-state index contributed by atoms with van der Waals surface area (Å²) in [5.41, 5.74) is 0.646. The zero-order valence-electron chi connectivity index (χ0n) is 14.2. The van der Waals surface area contributed by atoms with E-state index in [1.54, 1.807) is 23.1 Å². The maximum Gasteiger partial charge on any atom is 0.251 e. The van der Waals surface area contributed by atoms with Gasteiger partial charge >= 0.3 is 0 Å². The van der Waals surface area contributed by atoms with Crippen LogP contribution in [0.1, 0.15) is 16.8 Å². The molecular formula is C19H16F2N2O4. The SMILES string of the molecule is O=C(NC1CC(=O)N(c2ccc3c(c2)OCCO3)C1)c1ccc(F)c(F)c1. The fourth-order valence-corrected chi connectivity index (χ4v) is 3.16. The highest BCUT2D eigenvalue weighted by Crippen LogP contribution is 2.35. The molecule has 0 spiro atoms. The molecule has 2 aliphatic rings. The van der Waals surface area contributed by atoms with Crippen LogP contribution in [0.5, 0.6) is 11.5 Å². The molecule has 27 heavy (non-hydrogen) atoms. The summed E-state index contributed by atoms with van der Waals surface area (Å²) in [6.07, 6.45) is 0.115. The monoisotopic (exact) mass is 374 g/mol. The van der Waals surface area contributed by atoms with E-state index in [-0.39, 0.29) is 24.4 Å². The first-order valence-corrected chi connectivity index (χ1v) is 8.47. The van der Waals surface area contributed by atoms with Crippen LogP contribution in [0.4, 0.5) is 14.5 Å². The summed E-state index contributed by atoms with van der Waals surface area (Å²) in [7, 11) is 0. The Hall–Kier alpha value is -3.16. The summed E-state index contributed by atoms with van der Waals surface area (Å²) in [6, 6.07) is 7.71. The van der Waals surface area contributed by atoms with Crippen molar-refractivity contribution in [2.45, 2.75) is 12.5 Å². The summed E-state index contributed by atoms with van der Waals surface area (Å²) >= 11 is 0. The maximum absolute atomic E-state index is 13.3. The molecule has 2 aromatic rings. The van der Waals surface area contributed by atoms with Gasteiger partial charge in [0.15, 0.2) is 23.1 Å². The summed E-state index contributed by atoms with van der Waals surface area (Å²) in [6.45, 7) is 1.19. The molecule has 0 radical (unpaired) electrons. The molecule has 0 aliphatic carbocycles. The van der Waals surface area contributed by atoms with Crippen molar-refractivity contribution >= 4 is 17.5 Å². The van der Waals surface area contributed by atoms with Gasteiger partial charge in [-0.25, -0.2) is 8.78 Å². The molecule has 2 aliphatic heterocycles. The van der Waals surface area contributed by atoms with Crippen LogP contribution >= 0.6 is 0 Å². The van der Waals surface area contributed by atoms with Crippen molar-refractivity contribution in [1.29, 1.82) is 0 Å². The van der Waals surface area contributed by atoms with Crippen molar-refractivity contribution in [2.75, 3.05) is 24.7 Å². The van der Waals surface area contributed by atoms with Crippen LogP contribution < -0.4 is 19.7 Å². The number of fused-ring (bicyclic) bond motifs is 1. The van der Waals surface area contributed by atoms with Crippen molar-refractivity contribution in [1.82, 2.24) is 5.32 Å². The fraction of sp³-hybridized carbons (Fsp3) is 0.263. The number of nitrogens with zero attached hydrogens (tertiary/aromatic N) is 1. The summed E-state index contributed by atoms with van der Waals surface area (Å²) in [5, 5.41) is 2.69. The van der Waals surface area contributed by atoms with E-state index in [1.807, 2.05) is 0 Å². The zero-order chi connectivity index (χ0) is 19.0. The van der Waals surface area contributed by atoms with Crippen LogP contribution in [0.15, 0.2) is 36.4 Å². The Morgan fingerprint density at radius 2 is 1.81 bits per heavy atom. The molecule has 1 fully saturated rings. The molecule has 140 valence electrons. The molecule has 2 aromatic carbocycles. The second-order valence-corrected chi connectivity index (χ2v) is 6.34. The molecule has 2 heterocycles. The molecule has 1 saturated heterocycles. The van der Waals surface area contributed by atoms with Gasteiger partial charge in [-0.2, -0.15) is 0 Å². The number of carbonyl (C=O) groups excluding carboxylic acids is 2. The predicted octanol–water partition coefficient (Wildman–Crippen LogP) is 2.27. The van der Waals surface area contributed by atoms with Gasteiger partial charge in [0.1, 0.15) is 13.2 Å². The largest absolute Gasteiger partial charge is 0.486 e. The summed E-state index contributed by atoms with van der Waals surface area (Å²) < 4.78 is 37.3. The lowest BCUT2D eigenvalue weighted by Gasteiger charge is -2.22. The van der Waals surface area contributed by atoms with Gasteiger partial charge in [-0.15, -0.1) is 0 Å². The van der Waals surface area contributed by atoms with Gasteiger partial charge in [0.05, 0.1) is 6.04 Å². The Labute approximate surface area is 153 Å². The highest BCUT2D eigenvalue weighted by Gasteiger charge is 2.32. The predicted molar refractivity (Wildman–Crippen MR) is 92.0 cm³/mol. The lowest BCUT2D eigenvalue weighted by atomic mass is 10.1. The lowest BCUT2D eigenvalue weighted by molar-refractivity contribution is -0.117. The standard InChI is InChI=1S/C19H16F2N2O4/c20-14-3-1-11(7-15(14)21)19(25)22-12-8-18(24)23(10-12)13-2-4-16-17(9-13)27-6-5-26-16/h1-4,7,9,12H,5-6,8,10H2,(H,22,25). The highest BCUT2D eigenvalue weighted by atomic mass is 19.2. The van der Waals surface area contributed by atoms with Crippen molar-refractivity contribution in [3.8, 4) is 11.5 Å². The average Bonchev–Trinajstić information content (AvgIpc) is 3.03. The van der Waals surface area contributed by atoms with Gasteiger partial charge in [0.25, 0.3) is 5.91 Å². The van der Waals surface area contributed by atoms with E-state index in [2.05, 4.69) is 5.32 Å². The number of amides is 2. The summed E-state index contributed by atoms with van der Waals surface area (Å²) in [5.74, 6) is -1.63. The third-order valence-corrected chi connectivity index (χ3v) is 4.48. The molecular weight excluding hydrogens is 358 g/mol. The lowest BCUT2D eigenvalue weighted by Crippen LogP contribution is -2.37. The minimum absolute atomic E-state index is 0.000807. The van der Waals surface area contributed by atoms with Crippen LogP contribution in [0, 0.1) is 11.6 Å². The quantitative estimate of drug-likeness (QED) is 0.895. The summed E-state index contributed by atoms with van der Waals surface area (Å²) in [4.78, 5) is 26.2. The molecule has 0 aromatic heterocycles. The van der Waals surface area contributed by atoms with Gasteiger partial charge in [-0.1, -0.05) is 0 Å². The molecule has 2 amide bonds. The van der Waals surface area contributed by atoms with Crippen molar-refractivity contribution in [3.63, 3.8) is 0 Å². The third-order valence-electron chi connectivity index (χ3n) is 4.48. The number of hydrogen-bond donors (Lipinski definition) is 1. The number of carbonyl (C=O) groups is 2. The van der Waals surface area contributed by atoms with Crippen LogP contribution in [0.2, 0.25) is 0 Å². The van der Waals surface area contributed by atoms with Crippen molar-refractivity contribution in [2.24, 2.45) is 0 Å². The van der Waals surface area contributed by atoms with Gasteiger partial charge in [0.2, 0.25) is 5.91 Å². The van der Waals surface area contributed by atoms with E-state index >= 15 is 0 Å². The van der Waals surface area contributed by atoms with E-state index in [9.17, 15) is 18.4 Å². The Kier molecular flexibility index (Phi) is 4.39. The average molecular weight is 374 g/mol. The molecule has 4 rings (SSSR count). The number of rotatable bonds is 3. The fourth-order valence-electron chi connectivity index (χ4n) is 3.16. The minimum Gasteiger partial charge on any atom is -0.486 e.